The Labute approximate surface area is 98.3 Å². The molecule has 0 saturated heterocycles. The average Bonchev–Trinajstić information content (AvgIpc) is 3.15. The van der Waals surface area contributed by atoms with Gasteiger partial charge in [-0.05, 0) is 43.2 Å². The minimum absolute atomic E-state index is 0.192. The van der Waals surface area contributed by atoms with E-state index in [1.807, 2.05) is 24.3 Å². The Hall–Kier alpha value is -2.10. The van der Waals surface area contributed by atoms with Crippen LogP contribution in [0.25, 0.3) is 11.3 Å². The van der Waals surface area contributed by atoms with E-state index in [9.17, 15) is 4.79 Å². The molecule has 17 heavy (non-hydrogen) atoms. The van der Waals surface area contributed by atoms with Gasteiger partial charge in [0.25, 0.3) is 5.56 Å². The van der Waals surface area contributed by atoms with Crippen LogP contribution < -0.4 is 10.3 Å². The minimum Gasteiger partial charge on any atom is -0.490 e. The fraction of sp³-hybridized carbons (Fsp3) is 0.231. The molecule has 1 aromatic carbocycles. The van der Waals surface area contributed by atoms with E-state index in [0.717, 1.165) is 29.8 Å². The highest BCUT2D eigenvalue weighted by molar-refractivity contribution is 5.59. The Morgan fingerprint density at radius 3 is 2.47 bits per heavy atom. The lowest BCUT2D eigenvalue weighted by atomic mass is 10.1. The molecular weight excluding hydrogens is 216 g/mol. The van der Waals surface area contributed by atoms with Crippen LogP contribution in [-0.4, -0.2) is 16.3 Å². The molecule has 0 bridgehead atoms. The van der Waals surface area contributed by atoms with Crippen LogP contribution in [0.5, 0.6) is 5.75 Å². The van der Waals surface area contributed by atoms with Crippen LogP contribution in [0.15, 0.2) is 41.2 Å². The first-order chi connectivity index (χ1) is 8.31. The predicted molar refractivity (Wildman–Crippen MR) is 63.9 cm³/mol. The van der Waals surface area contributed by atoms with Crippen LogP contribution in [0, 0.1) is 0 Å². The van der Waals surface area contributed by atoms with E-state index in [1.54, 1.807) is 6.07 Å². The minimum atomic E-state index is -0.192. The predicted octanol–water partition coefficient (Wildman–Crippen LogP) is 1.98. The van der Waals surface area contributed by atoms with E-state index in [4.69, 9.17) is 4.74 Å². The zero-order chi connectivity index (χ0) is 11.7. The summed E-state index contributed by atoms with van der Waals surface area (Å²) in [6.45, 7) is 0. The second-order valence-electron chi connectivity index (χ2n) is 4.15. The fourth-order valence-electron chi connectivity index (χ4n) is 1.59. The molecule has 0 aliphatic heterocycles. The highest BCUT2D eigenvalue weighted by Gasteiger charge is 2.23. The van der Waals surface area contributed by atoms with E-state index >= 15 is 0 Å². The normalized spacial score (nSPS) is 14.6. The number of ether oxygens (including phenoxy) is 1. The maximum absolute atomic E-state index is 10.9. The molecule has 1 heterocycles. The quantitative estimate of drug-likeness (QED) is 0.873. The van der Waals surface area contributed by atoms with Crippen molar-refractivity contribution in [1.29, 1.82) is 0 Å². The van der Waals surface area contributed by atoms with Crippen LogP contribution in [0.3, 0.4) is 0 Å². The monoisotopic (exact) mass is 228 g/mol. The third kappa shape index (κ3) is 2.36. The third-order valence-electron chi connectivity index (χ3n) is 2.66. The highest BCUT2D eigenvalue weighted by atomic mass is 16.5. The van der Waals surface area contributed by atoms with Crippen LogP contribution in [0.1, 0.15) is 12.8 Å². The van der Waals surface area contributed by atoms with Crippen molar-refractivity contribution < 1.29 is 4.74 Å². The number of nitrogens with zero attached hydrogens (tertiary/aromatic N) is 1. The summed E-state index contributed by atoms with van der Waals surface area (Å²) in [4.78, 5) is 10.9. The molecule has 1 saturated carbocycles. The molecule has 0 atom stereocenters. The molecule has 86 valence electrons. The fourth-order valence-corrected chi connectivity index (χ4v) is 1.59. The van der Waals surface area contributed by atoms with Gasteiger partial charge in [0.1, 0.15) is 5.75 Å². The van der Waals surface area contributed by atoms with Gasteiger partial charge in [0.05, 0.1) is 11.8 Å². The molecule has 0 radical (unpaired) electrons. The summed E-state index contributed by atoms with van der Waals surface area (Å²) in [6.07, 6.45) is 2.72. The number of aromatic nitrogens is 2. The van der Waals surface area contributed by atoms with Gasteiger partial charge >= 0.3 is 0 Å². The highest BCUT2D eigenvalue weighted by Crippen LogP contribution is 2.27. The Bertz CT molecular complexity index is 550. The lowest BCUT2D eigenvalue weighted by Crippen LogP contribution is -2.05. The lowest BCUT2D eigenvalue weighted by molar-refractivity contribution is 0.303. The smallest absolute Gasteiger partial charge is 0.264 e. The molecular formula is C13H12N2O2. The molecule has 4 nitrogen and oxygen atoms in total. The number of H-pyrrole nitrogens is 1. The molecule has 1 N–H and O–H groups in total. The van der Waals surface area contributed by atoms with Gasteiger partial charge in [-0.25, -0.2) is 5.10 Å². The van der Waals surface area contributed by atoms with Crippen LogP contribution in [-0.2, 0) is 0 Å². The summed E-state index contributed by atoms with van der Waals surface area (Å²) in [6, 6.07) is 10.9. The maximum Gasteiger partial charge on any atom is 0.264 e. The average molecular weight is 228 g/mol. The molecule has 3 rings (SSSR count). The second kappa shape index (κ2) is 4.05. The Morgan fingerprint density at radius 2 is 1.88 bits per heavy atom. The Balaban J connectivity index is 1.83. The molecule has 1 fully saturated rings. The van der Waals surface area contributed by atoms with Gasteiger partial charge in [0.15, 0.2) is 0 Å². The zero-order valence-electron chi connectivity index (χ0n) is 9.22. The number of hydrogen-bond acceptors (Lipinski definition) is 3. The summed E-state index contributed by atoms with van der Waals surface area (Å²) < 4.78 is 5.66. The SMILES string of the molecule is O=c1ccc(-c2ccc(OC3CC3)cc2)n[nH]1. The summed E-state index contributed by atoms with van der Waals surface area (Å²) >= 11 is 0. The second-order valence-corrected chi connectivity index (χ2v) is 4.15. The standard InChI is InChI=1S/C13H12N2O2/c16-13-8-7-12(14-15-13)9-1-3-10(4-2-9)17-11-5-6-11/h1-4,7-8,11H,5-6H2,(H,15,16). The first kappa shape index (κ1) is 10.1. The number of nitrogens with one attached hydrogen (secondary N) is 1. The Kier molecular flexibility index (Phi) is 2.40. The van der Waals surface area contributed by atoms with Crippen molar-refractivity contribution in [3.8, 4) is 17.0 Å². The molecule has 2 aromatic rings. The van der Waals surface area contributed by atoms with E-state index in [0.29, 0.717) is 6.10 Å². The molecule has 0 spiro atoms. The largest absolute Gasteiger partial charge is 0.490 e. The first-order valence-electron chi connectivity index (χ1n) is 5.64. The van der Waals surface area contributed by atoms with E-state index in [-0.39, 0.29) is 5.56 Å². The van der Waals surface area contributed by atoms with Crippen LogP contribution in [0.4, 0.5) is 0 Å². The van der Waals surface area contributed by atoms with Gasteiger partial charge in [0, 0.05) is 11.6 Å². The van der Waals surface area contributed by atoms with E-state index in [1.165, 1.54) is 6.07 Å². The summed E-state index contributed by atoms with van der Waals surface area (Å²) in [5.74, 6) is 0.890. The molecule has 1 aromatic heterocycles. The van der Waals surface area contributed by atoms with Crippen molar-refractivity contribution in [3.63, 3.8) is 0 Å². The third-order valence-corrected chi connectivity index (χ3v) is 2.66. The molecule has 4 heteroatoms. The topological polar surface area (TPSA) is 55.0 Å². The number of hydrogen-bond donors (Lipinski definition) is 1. The van der Waals surface area contributed by atoms with Crippen molar-refractivity contribution >= 4 is 0 Å². The van der Waals surface area contributed by atoms with Gasteiger partial charge in [0.2, 0.25) is 0 Å². The lowest BCUT2D eigenvalue weighted by Gasteiger charge is -2.05. The van der Waals surface area contributed by atoms with E-state index < -0.39 is 0 Å². The summed E-state index contributed by atoms with van der Waals surface area (Å²) in [7, 11) is 0. The number of benzene rings is 1. The summed E-state index contributed by atoms with van der Waals surface area (Å²) in [5.41, 5.74) is 1.52. The molecule has 1 aliphatic rings. The van der Waals surface area contributed by atoms with Crippen molar-refractivity contribution in [2.24, 2.45) is 0 Å². The van der Waals surface area contributed by atoms with Crippen molar-refractivity contribution in [2.75, 3.05) is 0 Å². The number of aromatic amines is 1. The molecule has 0 unspecified atom stereocenters. The van der Waals surface area contributed by atoms with Crippen LogP contribution in [0.2, 0.25) is 0 Å². The zero-order valence-corrected chi connectivity index (χ0v) is 9.22. The van der Waals surface area contributed by atoms with Gasteiger partial charge in [-0.1, -0.05) is 0 Å². The Morgan fingerprint density at radius 1 is 1.12 bits per heavy atom. The van der Waals surface area contributed by atoms with Crippen molar-refractivity contribution in [2.45, 2.75) is 18.9 Å². The van der Waals surface area contributed by atoms with Crippen LogP contribution >= 0.6 is 0 Å². The van der Waals surface area contributed by atoms with Gasteiger partial charge in [-0.2, -0.15) is 5.10 Å². The van der Waals surface area contributed by atoms with Gasteiger partial charge < -0.3 is 4.74 Å². The van der Waals surface area contributed by atoms with Gasteiger partial charge in [-0.15, -0.1) is 0 Å². The summed E-state index contributed by atoms with van der Waals surface area (Å²) in [5, 5.41) is 6.39. The van der Waals surface area contributed by atoms with E-state index in [2.05, 4.69) is 10.2 Å². The molecule has 1 aliphatic carbocycles. The maximum atomic E-state index is 10.9. The van der Waals surface area contributed by atoms with Crippen molar-refractivity contribution in [3.05, 3.63) is 46.8 Å². The van der Waals surface area contributed by atoms with Gasteiger partial charge in [-0.3, -0.25) is 4.79 Å². The van der Waals surface area contributed by atoms with Crippen molar-refractivity contribution in [1.82, 2.24) is 10.2 Å². The first-order valence-corrected chi connectivity index (χ1v) is 5.64. The molecule has 0 amide bonds. The number of rotatable bonds is 3.